The lowest BCUT2D eigenvalue weighted by atomic mass is 9.86. The van der Waals surface area contributed by atoms with Gasteiger partial charge in [0.1, 0.15) is 0 Å². The van der Waals surface area contributed by atoms with Crippen LogP contribution in [0.2, 0.25) is 0 Å². The van der Waals surface area contributed by atoms with Gasteiger partial charge in [0.2, 0.25) is 0 Å². The molecule has 84 valence electrons. The molecule has 15 heavy (non-hydrogen) atoms. The van der Waals surface area contributed by atoms with Gasteiger partial charge < -0.3 is 10.4 Å². The van der Waals surface area contributed by atoms with Gasteiger partial charge >= 0.3 is 0 Å². The molecule has 4 nitrogen and oxygen atoms in total. The Morgan fingerprint density at radius 3 is 3.07 bits per heavy atom. The highest BCUT2D eigenvalue weighted by molar-refractivity contribution is 7.03. The van der Waals surface area contributed by atoms with Crippen LogP contribution in [-0.4, -0.2) is 27.3 Å². The van der Waals surface area contributed by atoms with Crippen molar-refractivity contribution in [2.24, 2.45) is 5.92 Å². The Morgan fingerprint density at radius 1 is 1.47 bits per heavy atom. The van der Waals surface area contributed by atoms with Crippen molar-refractivity contribution in [1.82, 2.24) is 14.9 Å². The molecule has 1 aromatic rings. The van der Waals surface area contributed by atoms with Crippen molar-refractivity contribution in [3.63, 3.8) is 0 Å². The number of nitrogens with one attached hydrogen (secondary N) is 1. The highest BCUT2D eigenvalue weighted by Gasteiger charge is 2.22. The molecule has 1 heterocycles. The second-order valence-corrected chi connectivity index (χ2v) is 4.75. The molecule has 1 aromatic heterocycles. The van der Waals surface area contributed by atoms with E-state index in [0.717, 1.165) is 31.6 Å². The van der Waals surface area contributed by atoms with Crippen LogP contribution in [0.1, 0.15) is 31.4 Å². The summed E-state index contributed by atoms with van der Waals surface area (Å²) >= 11 is 1.38. The van der Waals surface area contributed by atoms with Crippen LogP contribution in [0.25, 0.3) is 0 Å². The van der Waals surface area contributed by atoms with Gasteiger partial charge in [-0.15, -0.1) is 5.10 Å². The van der Waals surface area contributed by atoms with Gasteiger partial charge in [-0.3, -0.25) is 0 Å². The molecule has 5 heteroatoms. The smallest absolute Gasteiger partial charge is 0.0893 e. The number of nitrogens with zero attached hydrogens (tertiary/aromatic N) is 2. The summed E-state index contributed by atoms with van der Waals surface area (Å²) in [6.07, 6.45) is 4.42. The first-order chi connectivity index (χ1) is 7.36. The minimum atomic E-state index is -0.111. The molecule has 1 fully saturated rings. The third-order valence-electron chi connectivity index (χ3n) is 2.99. The summed E-state index contributed by atoms with van der Waals surface area (Å²) in [5.74, 6) is 0.422. The standard InChI is InChI=1S/C10H17N3OS/c14-10-4-2-1-3-8(10)5-11-6-9-7-15-13-12-9/h7-8,10-11,14H,1-6H2. The molecule has 2 atom stereocenters. The number of aromatic nitrogens is 2. The number of rotatable bonds is 4. The van der Waals surface area contributed by atoms with Crippen molar-refractivity contribution < 1.29 is 5.11 Å². The van der Waals surface area contributed by atoms with E-state index >= 15 is 0 Å². The lowest BCUT2D eigenvalue weighted by Crippen LogP contribution is -2.33. The van der Waals surface area contributed by atoms with Gasteiger partial charge in [0.05, 0.1) is 11.8 Å². The van der Waals surface area contributed by atoms with Crippen molar-refractivity contribution in [2.75, 3.05) is 6.54 Å². The molecule has 1 saturated carbocycles. The third-order valence-corrected chi connectivity index (χ3v) is 3.54. The van der Waals surface area contributed by atoms with E-state index in [-0.39, 0.29) is 6.10 Å². The number of hydrogen-bond acceptors (Lipinski definition) is 5. The van der Waals surface area contributed by atoms with Crippen LogP contribution in [0.15, 0.2) is 5.38 Å². The van der Waals surface area contributed by atoms with Crippen molar-refractivity contribution >= 4 is 11.5 Å². The molecule has 2 N–H and O–H groups in total. The van der Waals surface area contributed by atoms with Crippen LogP contribution >= 0.6 is 11.5 Å². The second-order valence-electron chi connectivity index (χ2n) is 4.14. The second kappa shape index (κ2) is 5.53. The Hall–Kier alpha value is -0.520. The fourth-order valence-corrected chi connectivity index (χ4v) is 2.52. The Labute approximate surface area is 93.9 Å². The summed E-state index contributed by atoms with van der Waals surface area (Å²) in [5, 5.41) is 19.0. The lowest BCUT2D eigenvalue weighted by molar-refractivity contribution is 0.0694. The largest absolute Gasteiger partial charge is 0.393 e. The van der Waals surface area contributed by atoms with E-state index in [1.807, 2.05) is 5.38 Å². The van der Waals surface area contributed by atoms with Gasteiger partial charge in [-0.1, -0.05) is 17.3 Å². The van der Waals surface area contributed by atoms with E-state index < -0.39 is 0 Å². The van der Waals surface area contributed by atoms with Crippen LogP contribution in [0, 0.1) is 5.92 Å². The van der Waals surface area contributed by atoms with Gasteiger partial charge in [0.15, 0.2) is 0 Å². The minimum Gasteiger partial charge on any atom is -0.393 e. The first-order valence-corrected chi connectivity index (χ1v) is 6.34. The van der Waals surface area contributed by atoms with Gasteiger partial charge in [0.25, 0.3) is 0 Å². The van der Waals surface area contributed by atoms with E-state index in [0.29, 0.717) is 5.92 Å². The van der Waals surface area contributed by atoms with Crippen molar-refractivity contribution in [1.29, 1.82) is 0 Å². The highest BCUT2D eigenvalue weighted by atomic mass is 32.1. The quantitative estimate of drug-likeness (QED) is 0.811. The van der Waals surface area contributed by atoms with E-state index in [9.17, 15) is 5.11 Å². The molecule has 0 spiro atoms. The Bertz CT molecular complexity index is 278. The molecular formula is C10H17N3OS. The molecule has 0 aromatic carbocycles. The Morgan fingerprint density at radius 2 is 2.33 bits per heavy atom. The molecule has 1 aliphatic rings. The zero-order valence-electron chi connectivity index (χ0n) is 8.72. The van der Waals surface area contributed by atoms with Crippen LogP contribution in [0.3, 0.4) is 0 Å². The molecule has 2 unspecified atom stereocenters. The molecule has 0 radical (unpaired) electrons. The van der Waals surface area contributed by atoms with E-state index in [4.69, 9.17) is 0 Å². The van der Waals surface area contributed by atoms with Crippen LogP contribution in [-0.2, 0) is 6.54 Å². The summed E-state index contributed by atoms with van der Waals surface area (Å²) in [4.78, 5) is 0. The van der Waals surface area contributed by atoms with E-state index in [1.165, 1.54) is 24.4 Å². The molecule has 2 rings (SSSR count). The van der Waals surface area contributed by atoms with Gasteiger partial charge in [-0.2, -0.15) is 0 Å². The number of aliphatic hydroxyl groups is 1. The lowest BCUT2D eigenvalue weighted by Gasteiger charge is -2.27. The van der Waals surface area contributed by atoms with Gasteiger partial charge in [0, 0.05) is 18.5 Å². The number of aliphatic hydroxyl groups excluding tert-OH is 1. The van der Waals surface area contributed by atoms with Crippen LogP contribution in [0.5, 0.6) is 0 Å². The fourth-order valence-electron chi connectivity index (χ4n) is 2.07. The SMILES string of the molecule is OC1CCCCC1CNCc1csnn1. The predicted molar refractivity (Wildman–Crippen MR) is 59.6 cm³/mol. The van der Waals surface area contributed by atoms with Gasteiger partial charge in [-0.05, 0) is 30.3 Å². The zero-order valence-corrected chi connectivity index (χ0v) is 9.54. The van der Waals surface area contributed by atoms with Crippen LogP contribution < -0.4 is 5.32 Å². The Kier molecular flexibility index (Phi) is 4.05. The monoisotopic (exact) mass is 227 g/mol. The molecule has 0 saturated heterocycles. The molecule has 0 bridgehead atoms. The normalized spacial score (nSPS) is 26.7. The highest BCUT2D eigenvalue weighted by Crippen LogP contribution is 2.23. The van der Waals surface area contributed by atoms with Gasteiger partial charge in [-0.25, -0.2) is 0 Å². The first-order valence-electron chi connectivity index (χ1n) is 5.51. The average molecular weight is 227 g/mol. The van der Waals surface area contributed by atoms with E-state index in [2.05, 4.69) is 14.9 Å². The minimum absolute atomic E-state index is 0.111. The maximum atomic E-state index is 9.76. The molecule has 0 amide bonds. The summed E-state index contributed by atoms with van der Waals surface area (Å²) in [6.45, 7) is 1.65. The van der Waals surface area contributed by atoms with Crippen molar-refractivity contribution in [3.05, 3.63) is 11.1 Å². The summed E-state index contributed by atoms with van der Waals surface area (Å²) in [6, 6.07) is 0. The summed E-state index contributed by atoms with van der Waals surface area (Å²) in [5.41, 5.74) is 0.991. The molecule has 0 aliphatic heterocycles. The summed E-state index contributed by atoms with van der Waals surface area (Å²) in [7, 11) is 0. The Balaban J connectivity index is 1.68. The van der Waals surface area contributed by atoms with Crippen molar-refractivity contribution in [3.8, 4) is 0 Å². The van der Waals surface area contributed by atoms with Crippen LogP contribution in [0.4, 0.5) is 0 Å². The third kappa shape index (κ3) is 3.22. The first kappa shape index (κ1) is 11.0. The number of hydrogen-bond donors (Lipinski definition) is 2. The molecule has 1 aliphatic carbocycles. The summed E-state index contributed by atoms with van der Waals surface area (Å²) < 4.78 is 3.80. The predicted octanol–water partition coefficient (Wildman–Crippen LogP) is 1.18. The van der Waals surface area contributed by atoms with E-state index in [1.54, 1.807) is 0 Å². The maximum Gasteiger partial charge on any atom is 0.0893 e. The molecular weight excluding hydrogens is 210 g/mol. The maximum absolute atomic E-state index is 9.76. The zero-order chi connectivity index (χ0) is 10.5. The average Bonchev–Trinajstić information content (AvgIpc) is 2.74. The fraction of sp³-hybridized carbons (Fsp3) is 0.800. The topological polar surface area (TPSA) is 58.0 Å². The van der Waals surface area contributed by atoms with Crippen molar-refractivity contribution in [2.45, 2.75) is 38.3 Å².